The van der Waals surface area contributed by atoms with Gasteiger partial charge < -0.3 is 14.8 Å². The Labute approximate surface area is 130 Å². The first kappa shape index (κ1) is 16.0. The Bertz CT molecular complexity index is 547. The van der Waals surface area contributed by atoms with Crippen molar-refractivity contribution in [3.05, 3.63) is 22.4 Å². The number of carbonyl (C=O) groups excluding carboxylic acids is 1. The summed E-state index contributed by atoms with van der Waals surface area (Å²) >= 11 is 3.25. The van der Waals surface area contributed by atoms with Crippen LogP contribution in [0.4, 0.5) is 0 Å². The third kappa shape index (κ3) is 3.63. The molecule has 0 spiro atoms. The molecule has 2 heterocycles. The van der Waals surface area contributed by atoms with E-state index in [0.29, 0.717) is 18.8 Å². The predicted molar refractivity (Wildman–Crippen MR) is 79.0 cm³/mol. The number of aromatic amines is 1. The van der Waals surface area contributed by atoms with Crippen LogP contribution >= 0.6 is 15.9 Å². The summed E-state index contributed by atoms with van der Waals surface area (Å²) in [4.78, 5) is 27.8. The summed E-state index contributed by atoms with van der Waals surface area (Å²) in [6, 6.07) is 1.00. The van der Waals surface area contributed by atoms with E-state index in [1.807, 2.05) is 18.9 Å². The highest BCUT2D eigenvalue weighted by Gasteiger charge is 2.40. The van der Waals surface area contributed by atoms with E-state index < -0.39 is 23.5 Å². The minimum absolute atomic E-state index is 0.129. The van der Waals surface area contributed by atoms with Crippen molar-refractivity contribution < 1.29 is 19.4 Å². The Balaban J connectivity index is 1.99. The van der Waals surface area contributed by atoms with Crippen molar-refractivity contribution in [2.45, 2.75) is 24.9 Å². The monoisotopic (exact) mass is 359 g/mol. The normalized spacial score (nSPS) is 26.5. The molecule has 3 N–H and O–H groups in total. The number of nitrogens with zero attached hydrogens (tertiary/aromatic N) is 1. The minimum Gasteiger partial charge on any atom is -0.480 e. The second kappa shape index (κ2) is 6.17. The molecule has 116 valence electrons. The fourth-order valence-corrected chi connectivity index (χ4v) is 2.58. The van der Waals surface area contributed by atoms with E-state index in [1.165, 1.54) is 0 Å². The summed E-state index contributed by atoms with van der Waals surface area (Å²) in [5.74, 6) is -1.35. The lowest BCUT2D eigenvalue weighted by Crippen LogP contribution is -2.62. The van der Waals surface area contributed by atoms with E-state index in [2.05, 4.69) is 26.2 Å². The lowest BCUT2D eigenvalue weighted by Gasteiger charge is -2.44. The molecule has 1 aliphatic rings. The van der Waals surface area contributed by atoms with Gasteiger partial charge in [-0.1, -0.05) is 0 Å². The minimum atomic E-state index is -0.894. The van der Waals surface area contributed by atoms with Crippen molar-refractivity contribution >= 4 is 27.9 Å². The van der Waals surface area contributed by atoms with E-state index in [0.717, 1.165) is 4.47 Å². The smallest absolute Gasteiger partial charge is 0.354 e. The van der Waals surface area contributed by atoms with E-state index >= 15 is 0 Å². The van der Waals surface area contributed by atoms with Crippen LogP contribution in [-0.2, 0) is 9.53 Å². The number of esters is 1. The number of carbonyl (C=O) groups is 2. The number of hydrogen-bond donors (Lipinski definition) is 3. The lowest BCUT2D eigenvalue weighted by molar-refractivity contribution is -0.143. The number of aliphatic carboxylic acids is 1. The number of rotatable bonds is 4. The van der Waals surface area contributed by atoms with Crippen LogP contribution in [0.3, 0.4) is 0 Å². The highest BCUT2D eigenvalue weighted by atomic mass is 79.9. The fraction of sp³-hybridized carbons (Fsp3) is 0.538. The maximum absolute atomic E-state index is 11.9. The number of hydrogen-bond acceptors (Lipinski definition) is 5. The molecule has 1 fully saturated rings. The molecule has 0 radical (unpaired) electrons. The molecule has 1 aliphatic heterocycles. The average molecular weight is 360 g/mol. The summed E-state index contributed by atoms with van der Waals surface area (Å²) in [6.45, 7) is 2.45. The van der Waals surface area contributed by atoms with Gasteiger partial charge in [-0.05, 0) is 42.4 Å². The van der Waals surface area contributed by atoms with Crippen molar-refractivity contribution in [3.8, 4) is 0 Å². The van der Waals surface area contributed by atoms with E-state index in [-0.39, 0.29) is 6.61 Å². The quantitative estimate of drug-likeness (QED) is 0.695. The van der Waals surface area contributed by atoms with Crippen molar-refractivity contribution in [2.24, 2.45) is 0 Å². The summed E-state index contributed by atoms with van der Waals surface area (Å²) in [5, 5.41) is 12.0. The number of ether oxygens (including phenoxy) is 1. The lowest BCUT2D eigenvalue weighted by atomic mass is 9.90. The second-order valence-corrected chi connectivity index (χ2v) is 6.38. The van der Waals surface area contributed by atoms with Gasteiger partial charge in [-0.2, -0.15) is 0 Å². The van der Waals surface area contributed by atoms with Crippen molar-refractivity contribution in [1.29, 1.82) is 0 Å². The van der Waals surface area contributed by atoms with Crippen molar-refractivity contribution in [3.63, 3.8) is 0 Å². The van der Waals surface area contributed by atoms with Crippen LogP contribution in [0.5, 0.6) is 0 Å². The Morgan fingerprint density at radius 1 is 1.62 bits per heavy atom. The van der Waals surface area contributed by atoms with Gasteiger partial charge in [-0.3, -0.25) is 15.0 Å². The van der Waals surface area contributed by atoms with Crippen molar-refractivity contribution in [2.75, 3.05) is 20.3 Å². The summed E-state index contributed by atoms with van der Waals surface area (Å²) in [5.41, 5.74) is -0.162. The van der Waals surface area contributed by atoms with Gasteiger partial charge >= 0.3 is 11.9 Å². The largest absolute Gasteiger partial charge is 0.480 e. The number of carboxylic acid groups (broad SMARTS) is 1. The third-order valence-electron chi connectivity index (χ3n) is 3.82. The molecule has 0 bridgehead atoms. The van der Waals surface area contributed by atoms with Gasteiger partial charge in [-0.25, -0.2) is 4.79 Å². The third-order valence-corrected chi connectivity index (χ3v) is 4.28. The Morgan fingerprint density at radius 3 is 2.90 bits per heavy atom. The Kier molecular flexibility index (Phi) is 4.70. The molecule has 0 aliphatic carbocycles. The van der Waals surface area contributed by atoms with E-state index in [1.54, 1.807) is 12.3 Å². The standard InChI is InChI=1S/C13H18BrN3O4/c1-13(4-10(11(18)19)16-7-17(13)2)6-21-12(20)9-3-8(14)5-15-9/h3,5,10,15-16H,4,6-7H2,1-2H3,(H,18,19)/t10-,13-/m0/s1. The summed E-state index contributed by atoms with van der Waals surface area (Å²) in [6.07, 6.45) is 2.01. The molecule has 0 amide bonds. The Morgan fingerprint density at radius 2 is 2.33 bits per heavy atom. The fourth-order valence-electron chi connectivity index (χ4n) is 2.23. The zero-order valence-electron chi connectivity index (χ0n) is 11.9. The molecule has 7 nitrogen and oxygen atoms in total. The maximum Gasteiger partial charge on any atom is 0.354 e. The molecule has 1 saturated heterocycles. The Hall–Kier alpha value is -1.38. The molecule has 0 unspecified atom stereocenters. The first-order chi connectivity index (χ1) is 9.82. The maximum atomic E-state index is 11.9. The predicted octanol–water partition coefficient (Wildman–Crippen LogP) is 1.03. The first-order valence-electron chi connectivity index (χ1n) is 6.50. The van der Waals surface area contributed by atoms with Crippen molar-refractivity contribution in [1.82, 2.24) is 15.2 Å². The molecule has 21 heavy (non-hydrogen) atoms. The van der Waals surface area contributed by atoms with Gasteiger partial charge in [0.05, 0.1) is 5.54 Å². The van der Waals surface area contributed by atoms with Gasteiger partial charge in [0.1, 0.15) is 18.3 Å². The highest BCUT2D eigenvalue weighted by molar-refractivity contribution is 9.10. The zero-order valence-corrected chi connectivity index (χ0v) is 13.4. The topological polar surface area (TPSA) is 94.7 Å². The molecular formula is C13H18BrN3O4. The van der Waals surface area contributed by atoms with E-state index in [9.17, 15) is 9.59 Å². The van der Waals surface area contributed by atoms with Crippen LogP contribution in [0.25, 0.3) is 0 Å². The molecule has 2 rings (SSSR count). The van der Waals surface area contributed by atoms with Crippen LogP contribution in [0.15, 0.2) is 16.7 Å². The summed E-state index contributed by atoms with van der Waals surface area (Å²) < 4.78 is 6.10. The van der Waals surface area contributed by atoms with Crippen LogP contribution in [-0.4, -0.2) is 58.8 Å². The SMILES string of the molecule is CN1CN[C@H](C(=O)O)C[C@@]1(C)COC(=O)c1cc(Br)c[nH]1. The van der Waals surface area contributed by atoms with Gasteiger partial charge in [0, 0.05) is 17.3 Å². The molecule has 1 aromatic heterocycles. The number of likely N-dealkylation sites (N-methyl/N-ethyl adjacent to an activating group) is 1. The van der Waals surface area contributed by atoms with Gasteiger partial charge in [-0.15, -0.1) is 0 Å². The highest BCUT2D eigenvalue weighted by Crippen LogP contribution is 2.24. The molecule has 1 aromatic rings. The number of aromatic nitrogens is 1. The van der Waals surface area contributed by atoms with Crippen LogP contribution in [0.2, 0.25) is 0 Å². The number of halogens is 1. The molecule has 0 saturated carbocycles. The van der Waals surface area contributed by atoms with Gasteiger partial charge in [0.25, 0.3) is 0 Å². The average Bonchev–Trinajstić information content (AvgIpc) is 2.86. The molecule has 8 heteroatoms. The zero-order chi connectivity index (χ0) is 15.6. The number of H-pyrrole nitrogens is 1. The first-order valence-corrected chi connectivity index (χ1v) is 7.29. The number of carboxylic acids is 1. The summed E-state index contributed by atoms with van der Waals surface area (Å²) in [7, 11) is 1.87. The van der Waals surface area contributed by atoms with Crippen LogP contribution in [0.1, 0.15) is 23.8 Å². The van der Waals surface area contributed by atoms with Gasteiger partial charge in [0.15, 0.2) is 0 Å². The number of nitrogens with one attached hydrogen (secondary N) is 2. The van der Waals surface area contributed by atoms with Gasteiger partial charge in [0.2, 0.25) is 0 Å². The van der Waals surface area contributed by atoms with Crippen LogP contribution < -0.4 is 5.32 Å². The van der Waals surface area contributed by atoms with Crippen LogP contribution in [0, 0.1) is 0 Å². The van der Waals surface area contributed by atoms with E-state index in [4.69, 9.17) is 9.84 Å². The second-order valence-electron chi connectivity index (χ2n) is 5.46. The molecule has 2 atom stereocenters. The molecule has 0 aromatic carbocycles. The molecular weight excluding hydrogens is 342 g/mol.